The van der Waals surface area contributed by atoms with Crippen LogP contribution in [0.15, 0.2) is 49.1 Å². The van der Waals surface area contributed by atoms with E-state index in [4.69, 9.17) is 11.6 Å². The van der Waals surface area contributed by atoms with Gasteiger partial charge in [0.05, 0.1) is 12.2 Å². The number of rotatable bonds is 3. The third-order valence-electron chi connectivity index (χ3n) is 3.87. The van der Waals surface area contributed by atoms with Crippen molar-refractivity contribution in [2.75, 3.05) is 0 Å². The number of H-pyrrole nitrogens is 1. The number of aryl methyl sites for hydroxylation is 1. The number of nitrogens with zero attached hydrogens (tertiary/aromatic N) is 2. The van der Waals surface area contributed by atoms with E-state index in [1.54, 1.807) is 12.5 Å². The van der Waals surface area contributed by atoms with Crippen LogP contribution in [0, 0.1) is 13.8 Å². The maximum absolute atomic E-state index is 6.07. The molecular formula is C17H16ClN3. The zero-order valence-electron chi connectivity index (χ0n) is 12.0. The quantitative estimate of drug-likeness (QED) is 0.734. The molecule has 1 unspecified atom stereocenters. The third kappa shape index (κ3) is 2.69. The summed E-state index contributed by atoms with van der Waals surface area (Å²) >= 11 is 6.07. The summed E-state index contributed by atoms with van der Waals surface area (Å²) in [7, 11) is 0. The Morgan fingerprint density at radius 2 is 2.05 bits per heavy atom. The molecule has 0 aliphatic rings. The minimum absolute atomic E-state index is 0.0768. The molecule has 0 spiro atoms. The van der Waals surface area contributed by atoms with Gasteiger partial charge in [-0.2, -0.15) is 0 Å². The van der Waals surface area contributed by atoms with Crippen LogP contribution in [0.5, 0.6) is 0 Å². The smallest absolute Gasteiger partial charge is 0.129 e. The predicted molar refractivity (Wildman–Crippen MR) is 84.7 cm³/mol. The molecular weight excluding hydrogens is 282 g/mol. The van der Waals surface area contributed by atoms with Crippen molar-refractivity contribution in [2.45, 2.75) is 19.8 Å². The van der Waals surface area contributed by atoms with Crippen molar-refractivity contribution in [1.29, 1.82) is 0 Å². The fourth-order valence-electron chi connectivity index (χ4n) is 2.63. The Bertz CT molecular complexity index is 750. The molecule has 0 aliphatic heterocycles. The molecule has 3 nitrogen and oxygen atoms in total. The van der Waals surface area contributed by atoms with Crippen LogP contribution in [0.4, 0.5) is 0 Å². The lowest BCUT2D eigenvalue weighted by atomic mass is 9.85. The summed E-state index contributed by atoms with van der Waals surface area (Å²) < 4.78 is 0. The zero-order chi connectivity index (χ0) is 14.8. The monoisotopic (exact) mass is 297 g/mol. The van der Waals surface area contributed by atoms with E-state index in [9.17, 15) is 0 Å². The summed E-state index contributed by atoms with van der Waals surface area (Å²) in [5.41, 5.74) is 5.96. The van der Waals surface area contributed by atoms with Crippen LogP contribution in [0.2, 0.25) is 5.15 Å². The summed E-state index contributed by atoms with van der Waals surface area (Å²) in [5, 5.41) is 0.502. The number of imidazole rings is 1. The van der Waals surface area contributed by atoms with E-state index in [-0.39, 0.29) is 5.92 Å². The molecule has 1 atom stereocenters. The first-order valence-corrected chi connectivity index (χ1v) is 7.20. The fourth-order valence-corrected chi connectivity index (χ4v) is 2.82. The highest BCUT2D eigenvalue weighted by Gasteiger charge is 2.20. The van der Waals surface area contributed by atoms with Crippen molar-refractivity contribution in [3.8, 4) is 0 Å². The first kappa shape index (κ1) is 13.8. The van der Waals surface area contributed by atoms with Gasteiger partial charge in [-0.15, -0.1) is 0 Å². The molecule has 4 heteroatoms. The number of benzene rings is 1. The zero-order valence-corrected chi connectivity index (χ0v) is 12.7. The van der Waals surface area contributed by atoms with Gasteiger partial charge in [-0.25, -0.2) is 9.97 Å². The average molecular weight is 298 g/mol. The molecule has 2 heterocycles. The normalized spacial score (nSPS) is 12.3. The lowest BCUT2D eigenvalue weighted by molar-refractivity contribution is 0.914. The van der Waals surface area contributed by atoms with Crippen molar-refractivity contribution >= 4 is 11.6 Å². The number of aromatic nitrogens is 3. The van der Waals surface area contributed by atoms with Gasteiger partial charge in [0.2, 0.25) is 0 Å². The van der Waals surface area contributed by atoms with Gasteiger partial charge in [-0.3, -0.25) is 0 Å². The van der Waals surface area contributed by atoms with Gasteiger partial charge >= 0.3 is 0 Å². The number of nitrogens with one attached hydrogen (secondary N) is 1. The first-order chi connectivity index (χ1) is 10.2. The number of aromatic amines is 1. The van der Waals surface area contributed by atoms with E-state index in [0.717, 1.165) is 11.3 Å². The molecule has 0 aliphatic carbocycles. The van der Waals surface area contributed by atoms with Crippen LogP contribution in [-0.2, 0) is 0 Å². The van der Waals surface area contributed by atoms with Gasteiger partial charge in [0.15, 0.2) is 0 Å². The molecule has 0 amide bonds. The second-order valence-corrected chi connectivity index (χ2v) is 5.53. The Hall–Kier alpha value is -2.13. The molecule has 3 aromatic rings. The van der Waals surface area contributed by atoms with E-state index < -0.39 is 0 Å². The van der Waals surface area contributed by atoms with Gasteiger partial charge in [0, 0.05) is 18.1 Å². The van der Waals surface area contributed by atoms with E-state index in [2.05, 4.69) is 47.0 Å². The summed E-state index contributed by atoms with van der Waals surface area (Å²) in [6.07, 6.45) is 5.31. The second-order valence-electron chi connectivity index (χ2n) is 5.14. The Morgan fingerprint density at radius 3 is 2.76 bits per heavy atom. The van der Waals surface area contributed by atoms with Crippen molar-refractivity contribution in [3.63, 3.8) is 0 Å². The topological polar surface area (TPSA) is 41.6 Å². The van der Waals surface area contributed by atoms with Crippen molar-refractivity contribution in [2.24, 2.45) is 0 Å². The van der Waals surface area contributed by atoms with Gasteiger partial charge in [-0.1, -0.05) is 29.8 Å². The fraction of sp³-hybridized carbons (Fsp3) is 0.176. The van der Waals surface area contributed by atoms with Gasteiger partial charge < -0.3 is 4.98 Å². The molecule has 0 saturated carbocycles. The number of pyridine rings is 1. The molecule has 106 valence electrons. The molecule has 1 N–H and O–H groups in total. The van der Waals surface area contributed by atoms with Crippen LogP contribution in [0.3, 0.4) is 0 Å². The summed E-state index contributed by atoms with van der Waals surface area (Å²) in [6.45, 7) is 4.28. The molecule has 1 aromatic carbocycles. The van der Waals surface area contributed by atoms with Crippen LogP contribution in [-0.4, -0.2) is 15.0 Å². The van der Waals surface area contributed by atoms with Crippen molar-refractivity contribution in [1.82, 2.24) is 15.0 Å². The molecule has 0 saturated heterocycles. The molecule has 21 heavy (non-hydrogen) atoms. The molecule has 0 fully saturated rings. The number of hydrogen-bond acceptors (Lipinski definition) is 2. The van der Waals surface area contributed by atoms with E-state index in [0.29, 0.717) is 5.15 Å². The van der Waals surface area contributed by atoms with E-state index in [1.807, 2.05) is 18.3 Å². The van der Waals surface area contributed by atoms with Crippen molar-refractivity contribution < 1.29 is 0 Å². The van der Waals surface area contributed by atoms with Gasteiger partial charge in [-0.05, 0) is 48.2 Å². The second kappa shape index (κ2) is 5.70. The number of halogens is 1. The van der Waals surface area contributed by atoms with Crippen LogP contribution >= 0.6 is 11.6 Å². The Balaban J connectivity index is 2.20. The Labute approximate surface area is 129 Å². The minimum Gasteiger partial charge on any atom is -0.348 e. The van der Waals surface area contributed by atoms with E-state index >= 15 is 0 Å². The van der Waals surface area contributed by atoms with Crippen LogP contribution in [0.25, 0.3) is 0 Å². The Kier molecular flexibility index (Phi) is 3.76. The average Bonchev–Trinajstić information content (AvgIpc) is 2.98. The highest BCUT2D eigenvalue weighted by atomic mass is 35.5. The molecule has 2 aromatic heterocycles. The highest BCUT2D eigenvalue weighted by Crippen LogP contribution is 2.34. The maximum atomic E-state index is 6.07. The van der Waals surface area contributed by atoms with E-state index in [1.165, 1.54) is 16.7 Å². The SMILES string of the molecule is Cc1cccc(C(c2ccnc(Cl)c2)c2cnc[nH]2)c1C. The lowest BCUT2D eigenvalue weighted by Crippen LogP contribution is -2.07. The van der Waals surface area contributed by atoms with Gasteiger partial charge in [0.25, 0.3) is 0 Å². The van der Waals surface area contributed by atoms with Crippen LogP contribution in [0.1, 0.15) is 33.9 Å². The lowest BCUT2D eigenvalue weighted by Gasteiger charge is -2.20. The maximum Gasteiger partial charge on any atom is 0.129 e. The predicted octanol–water partition coefficient (Wildman–Crippen LogP) is 4.26. The molecule has 0 radical (unpaired) electrons. The third-order valence-corrected chi connectivity index (χ3v) is 4.08. The summed E-state index contributed by atoms with van der Waals surface area (Å²) in [5.74, 6) is 0.0768. The molecule has 3 rings (SSSR count). The summed E-state index contributed by atoms with van der Waals surface area (Å²) in [6, 6.07) is 10.3. The molecule has 0 bridgehead atoms. The first-order valence-electron chi connectivity index (χ1n) is 6.82. The van der Waals surface area contributed by atoms with Gasteiger partial charge in [0.1, 0.15) is 5.15 Å². The number of hydrogen-bond donors (Lipinski definition) is 1. The standard InChI is InChI=1S/C17H16ClN3/c1-11-4-3-5-14(12(11)2)17(15-9-19-10-21-15)13-6-7-20-16(18)8-13/h3-10,17H,1-2H3,(H,19,21). The van der Waals surface area contributed by atoms with Crippen molar-refractivity contribution in [3.05, 3.63) is 82.2 Å². The Morgan fingerprint density at radius 1 is 1.19 bits per heavy atom. The minimum atomic E-state index is 0.0768. The summed E-state index contributed by atoms with van der Waals surface area (Å²) in [4.78, 5) is 11.5. The largest absolute Gasteiger partial charge is 0.348 e. The van der Waals surface area contributed by atoms with Crippen LogP contribution < -0.4 is 0 Å². The highest BCUT2D eigenvalue weighted by molar-refractivity contribution is 6.29.